The maximum atomic E-state index is 13.6. The molecule has 4 aromatic rings. The summed E-state index contributed by atoms with van der Waals surface area (Å²) in [5, 5.41) is 8.39. The molecule has 1 aliphatic rings. The number of hydrogen-bond donors (Lipinski definition) is 2. The molecule has 1 atom stereocenters. The van der Waals surface area contributed by atoms with Crippen molar-refractivity contribution in [2.45, 2.75) is 19.0 Å². The van der Waals surface area contributed by atoms with Crippen molar-refractivity contribution in [1.29, 1.82) is 0 Å². The van der Waals surface area contributed by atoms with E-state index >= 15 is 0 Å². The number of carbonyl (C=O) groups is 2. The Kier molecular flexibility index (Phi) is 6.31. The van der Waals surface area contributed by atoms with Gasteiger partial charge in [-0.1, -0.05) is 17.7 Å². The van der Waals surface area contributed by atoms with Crippen LogP contribution in [0.15, 0.2) is 54.2 Å². The quantitative estimate of drug-likeness (QED) is 0.401. The molecule has 0 aliphatic carbocycles. The number of aromatic nitrogens is 3. The predicted octanol–water partition coefficient (Wildman–Crippen LogP) is 4.31. The lowest BCUT2D eigenvalue weighted by molar-refractivity contribution is 0.0539. The maximum absolute atomic E-state index is 13.6. The Bertz CT molecular complexity index is 1420. The molecule has 0 bridgehead atoms. The van der Waals surface area contributed by atoms with Crippen LogP contribution in [-0.2, 0) is 0 Å². The van der Waals surface area contributed by atoms with Gasteiger partial charge in [-0.25, -0.2) is 14.4 Å². The van der Waals surface area contributed by atoms with Crippen LogP contribution in [0.25, 0.3) is 10.2 Å². The molecule has 1 aliphatic heterocycles. The predicted molar refractivity (Wildman–Crippen MR) is 132 cm³/mol. The molecule has 0 unspecified atom stereocenters. The minimum Gasteiger partial charge on any atom is -0.348 e. The number of benzene rings is 1. The lowest BCUT2D eigenvalue weighted by Gasteiger charge is -2.39. The first-order valence-corrected chi connectivity index (χ1v) is 12.1. The number of amides is 2. The molecular formula is C24H20ClFN6O2S. The van der Waals surface area contributed by atoms with Crippen LogP contribution in [0.4, 0.5) is 10.3 Å². The van der Waals surface area contributed by atoms with Crippen LogP contribution in [0.3, 0.4) is 0 Å². The first kappa shape index (κ1) is 23.1. The van der Waals surface area contributed by atoms with E-state index in [1.54, 1.807) is 35.4 Å². The molecule has 1 aromatic carbocycles. The molecule has 0 spiro atoms. The van der Waals surface area contributed by atoms with Crippen molar-refractivity contribution in [2.24, 2.45) is 0 Å². The van der Waals surface area contributed by atoms with E-state index in [1.165, 1.54) is 17.4 Å². The normalized spacial score (nSPS) is 14.4. The van der Waals surface area contributed by atoms with E-state index in [1.807, 2.05) is 18.4 Å². The van der Waals surface area contributed by atoms with E-state index in [0.29, 0.717) is 39.5 Å². The number of hydrogen-bond acceptors (Lipinski definition) is 7. The number of pyridine rings is 1. The molecule has 11 heteroatoms. The van der Waals surface area contributed by atoms with Gasteiger partial charge in [0, 0.05) is 29.9 Å². The number of thiophene rings is 1. The smallest absolute Gasteiger partial charge is 0.274 e. The average molecular weight is 511 g/mol. The molecule has 35 heavy (non-hydrogen) atoms. The summed E-state index contributed by atoms with van der Waals surface area (Å²) in [6.45, 7) is 2.58. The number of nitrogens with zero attached hydrogens (tertiary/aromatic N) is 4. The Morgan fingerprint density at radius 1 is 1.20 bits per heavy atom. The summed E-state index contributed by atoms with van der Waals surface area (Å²) in [5.41, 5.74) is 2.04. The molecule has 5 rings (SSSR count). The maximum Gasteiger partial charge on any atom is 0.274 e. The Labute approximate surface area is 209 Å². The fourth-order valence-electron chi connectivity index (χ4n) is 3.80. The standard InChI is InChI=1S/C24H20ClFN6O2S/c1-13(15-8-17(26)10-27-9-15)28-24-30-19-5-6-35-21(19)20(31-24)23(34)32-11-18(12-32)29-22(33)14-3-2-4-16(25)7-14/h2-10,13,18H,11-12H2,1H3,(H,29,33)(H,28,30,31)/t13-/m0/s1. The van der Waals surface area contributed by atoms with Crippen molar-refractivity contribution in [3.8, 4) is 0 Å². The molecule has 1 saturated heterocycles. The van der Waals surface area contributed by atoms with Gasteiger partial charge < -0.3 is 15.5 Å². The number of nitrogens with one attached hydrogen (secondary N) is 2. The molecule has 178 valence electrons. The molecule has 0 saturated carbocycles. The third kappa shape index (κ3) is 4.94. The first-order chi connectivity index (χ1) is 16.9. The molecule has 0 radical (unpaired) electrons. The van der Waals surface area contributed by atoms with Crippen molar-refractivity contribution < 1.29 is 14.0 Å². The van der Waals surface area contributed by atoms with E-state index in [2.05, 4.69) is 25.6 Å². The molecule has 8 nitrogen and oxygen atoms in total. The summed E-state index contributed by atoms with van der Waals surface area (Å²) in [5.74, 6) is -0.644. The van der Waals surface area contributed by atoms with Crippen molar-refractivity contribution >= 4 is 50.9 Å². The van der Waals surface area contributed by atoms with Crippen LogP contribution in [-0.4, -0.2) is 50.8 Å². The van der Waals surface area contributed by atoms with Gasteiger partial charge in [0.2, 0.25) is 5.95 Å². The number of fused-ring (bicyclic) bond motifs is 1. The van der Waals surface area contributed by atoms with Gasteiger partial charge in [-0.2, -0.15) is 0 Å². The molecule has 2 amide bonds. The van der Waals surface area contributed by atoms with E-state index in [0.717, 1.165) is 6.20 Å². The van der Waals surface area contributed by atoms with Gasteiger partial charge in [0.05, 0.1) is 28.5 Å². The lowest BCUT2D eigenvalue weighted by atomic mass is 10.1. The number of carbonyl (C=O) groups excluding carboxylic acids is 2. The molecule has 3 aromatic heterocycles. The SMILES string of the molecule is C[C@H](Nc1nc(C(=O)N2CC(NC(=O)c3cccc(Cl)c3)C2)c2sccc2n1)c1cncc(F)c1. The van der Waals surface area contributed by atoms with Gasteiger partial charge in [-0.3, -0.25) is 14.6 Å². The zero-order chi connectivity index (χ0) is 24.5. The van der Waals surface area contributed by atoms with Gasteiger partial charge in [0.25, 0.3) is 11.8 Å². The number of anilines is 1. The molecular weight excluding hydrogens is 491 g/mol. The summed E-state index contributed by atoms with van der Waals surface area (Å²) in [7, 11) is 0. The Balaban J connectivity index is 1.28. The third-order valence-electron chi connectivity index (χ3n) is 5.67. The minimum absolute atomic E-state index is 0.163. The van der Waals surface area contributed by atoms with Crippen LogP contribution in [0.2, 0.25) is 5.02 Å². The minimum atomic E-state index is -0.434. The van der Waals surface area contributed by atoms with Gasteiger partial charge >= 0.3 is 0 Å². The number of halogens is 2. The van der Waals surface area contributed by atoms with Crippen molar-refractivity contribution in [2.75, 3.05) is 18.4 Å². The van der Waals surface area contributed by atoms with Crippen LogP contribution in [0.1, 0.15) is 39.4 Å². The van der Waals surface area contributed by atoms with Crippen LogP contribution in [0.5, 0.6) is 0 Å². The van der Waals surface area contributed by atoms with E-state index in [4.69, 9.17) is 11.6 Å². The highest BCUT2D eigenvalue weighted by molar-refractivity contribution is 7.17. The molecule has 1 fully saturated rings. The van der Waals surface area contributed by atoms with E-state index in [-0.39, 0.29) is 35.5 Å². The van der Waals surface area contributed by atoms with Crippen LogP contribution >= 0.6 is 22.9 Å². The summed E-state index contributed by atoms with van der Waals surface area (Å²) in [4.78, 5) is 40.2. The monoisotopic (exact) mass is 510 g/mol. The summed E-state index contributed by atoms with van der Waals surface area (Å²) >= 11 is 7.35. The zero-order valence-corrected chi connectivity index (χ0v) is 20.1. The summed E-state index contributed by atoms with van der Waals surface area (Å²) in [6, 6.07) is 9.42. The highest BCUT2D eigenvalue weighted by Crippen LogP contribution is 2.27. The first-order valence-electron chi connectivity index (χ1n) is 10.9. The average Bonchev–Trinajstić information content (AvgIpc) is 3.28. The Morgan fingerprint density at radius 3 is 2.80 bits per heavy atom. The van der Waals surface area contributed by atoms with Crippen LogP contribution in [0, 0.1) is 5.82 Å². The van der Waals surface area contributed by atoms with Crippen molar-refractivity contribution in [3.05, 3.63) is 81.8 Å². The highest BCUT2D eigenvalue weighted by Gasteiger charge is 2.34. The zero-order valence-electron chi connectivity index (χ0n) is 18.5. The summed E-state index contributed by atoms with van der Waals surface area (Å²) < 4.78 is 14.2. The van der Waals surface area contributed by atoms with Gasteiger partial charge in [-0.15, -0.1) is 11.3 Å². The Hall–Kier alpha value is -3.63. The van der Waals surface area contributed by atoms with E-state index < -0.39 is 5.82 Å². The fraction of sp³-hybridized carbons (Fsp3) is 0.208. The van der Waals surface area contributed by atoms with Gasteiger partial charge in [0.15, 0.2) is 5.69 Å². The second kappa shape index (κ2) is 9.55. The summed E-state index contributed by atoms with van der Waals surface area (Å²) in [6.07, 6.45) is 2.70. The lowest BCUT2D eigenvalue weighted by Crippen LogP contribution is -2.61. The highest BCUT2D eigenvalue weighted by atomic mass is 35.5. The topological polar surface area (TPSA) is 100 Å². The Morgan fingerprint density at radius 2 is 2.03 bits per heavy atom. The van der Waals surface area contributed by atoms with Crippen molar-refractivity contribution in [3.63, 3.8) is 0 Å². The number of likely N-dealkylation sites (tertiary alicyclic amines) is 1. The second-order valence-corrected chi connectivity index (χ2v) is 9.58. The molecule has 2 N–H and O–H groups in total. The van der Waals surface area contributed by atoms with Crippen molar-refractivity contribution in [1.82, 2.24) is 25.2 Å². The van der Waals surface area contributed by atoms with Crippen LogP contribution < -0.4 is 10.6 Å². The van der Waals surface area contributed by atoms with Gasteiger partial charge in [0.1, 0.15) is 5.82 Å². The third-order valence-corrected chi connectivity index (χ3v) is 6.81. The number of rotatable bonds is 6. The largest absolute Gasteiger partial charge is 0.348 e. The van der Waals surface area contributed by atoms with Gasteiger partial charge in [-0.05, 0) is 48.2 Å². The molecule has 4 heterocycles. The van der Waals surface area contributed by atoms with E-state index in [9.17, 15) is 14.0 Å². The fourth-order valence-corrected chi connectivity index (χ4v) is 4.80. The second-order valence-electron chi connectivity index (χ2n) is 8.22.